The number of hydrogen-bond donors (Lipinski definition) is 2. The highest BCUT2D eigenvalue weighted by atomic mass is 19.4. The maximum Gasteiger partial charge on any atom is 0.391 e. The van der Waals surface area contributed by atoms with Crippen LogP contribution < -0.4 is 10.6 Å². The molecular formula is C16H20F3N3O2. The van der Waals surface area contributed by atoms with Crippen molar-refractivity contribution >= 4 is 17.5 Å². The van der Waals surface area contributed by atoms with Crippen LogP contribution in [0.3, 0.4) is 0 Å². The predicted molar refractivity (Wildman–Crippen MR) is 82.0 cm³/mol. The number of amides is 2. The highest BCUT2D eigenvalue weighted by Gasteiger charge is 2.43. The summed E-state index contributed by atoms with van der Waals surface area (Å²) in [4.78, 5) is 27.5. The Hall–Kier alpha value is -2.12. The first-order valence-electron chi connectivity index (χ1n) is 7.90. The number of aromatic nitrogens is 1. The van der Waals surface area contributed by atoms with Crippen molar-refractivity contribution in [1.29, 1.82) is 0 Å². The summed E-state index contributed by atoms with van der Waals surface area (Å²) in [5, 5.41) is 5.20. The minimum atomic E-state index is -4.25. The number of anilines is 1. The lowest BCUT2D eigenvalue weighted by atomic mass is 9.80. The van der Waals surface area contributed by atoms with Crippen molar-refractivity contribution in [2.45, 2.75) is 38.3 Å². The predicted octanol–water partition coefficient (Wildman–Crippen LogP) is 2.90. The molecule has 2 atom stereocenters. The molecule has 1 aliphatic carbocycles. The fraction of sp³-hybridized carbons (Fsp3) is 0.562. The minimum absolute atomic E-state index is 0.0590. The van der Waals surface area contributed by atoms with Gasteiger partial charge in [-0.1, -0.05) is 6.42 Å². The molecule has 0 radical (unpaired) electrons. The van der Waals surface area contributed by atoms with Gasteiger partial charge in [-0.25, -0.2) is 0 Å². The second-order valence-electron chi connectivity index (χ2n) is 5.93. The van der Waals surface area contributed by atoms with E-state index < -0.39 is 23.9 Å². The zero-order valence-corrected chi connectivity index (χ0v) is 13.1. The first-order chi connectivity index (χ1) is 11.4. The normalized spacial score (nSPS) is 21.1. The van der Waals surface area contributed by atoms with E-state index in [0.717, 1.165) is 0 Å². The van der Waals surface area contributed by atoms with Gasteiger partial charge in [0.2, 0.25) is 11.8 Å². The van der Waals surface area contributed by atoms with Gasteiger partial charge in [-0.2, -0.15) is 13.2 Å². The summed E-state index contributed by atoms with van der Waals surface area (Å²) in [5.74, 6) is -2.72. The maximum absolute atomic E-state index is 12.8. The Balaban J connectivity index is 1.72. The van der Waals surface area contributed by atoms with Gasteiger partial charge >= 0.3 is 6.18 Å². The van der Waals surface area contributed by atoms with Gasteiger partial charge in [0.1, 0.15) is 0 Å². The summed E-state index contributed by atoms with van der Waals surface area (Å²) in [6, 6.07) is 3.27. The molecule has 0 unspecified atom stereocenters. The van der Waals surface area contributed by atoms with Crippen molar-refractivity contribution in [2.75, 3.05) is 11.9 Å². The number of alkyl halides is 3. The lowest BCUT2D eigenvalue weighted by molar-refractivity contribution is -0.186. The monoisotopic (exact) mass is 343 g/mol. The molecule has 1 heterocycles. The molecule has 0 saturated heterocycles. The summed E-state index contributed by atoms with van der Waals surface area (Å²) in [7, 11) is 0. The molecule has 1 saturated carbocycles. The number of carbonyl (C=O) groups is 2. The van der Waals surface area contributed by atoms with Gasteiger partial charge in [0.15, 0.2) is 0 Å². The Morgan fingerprint density at radius 2 is 1.92 bits per heavy atom. The van der Waals surface area contributed by atoms with Gasteiger partial charge in [0.05, 0.1) is 5.92 Å². The number of carbonyl (C=O) groups excluding carboxylic acids is 2. The lowest BCUT2D eigenvalue weighted by Crippen LogP contribution is -2.38. The van der Waals surface area contributed by atoms with Crippen LogP contribution in [-0.4, -0.2) is 29.5 Å². The number of halogens is 3. The molecule has 2 amide bonds. The Bertz CT molecular complexity index is 563. The van der Waals surface area contributed by atoms with Gasteiger partial charge in [-0.05, 0) is 31.4 Å². The molecule has 5 nitrogen and oxygen atoms in total. The molecule has 2 N–H and O–H groups in total. The minimum Gasteiger partial charge on any atom is -0.355 e. The maximum atomic E-state index is 12.8. The van der Waals surface area contributed by atoms with Crippen LogP contribution in [0.5, 0.6) is 0 Å². The lowest BCUT2D eigenvalue weighted by Gasteiger charge is -2.29. The average Bonchev–Trinajstić information content (AvgIpc) is 2.55. The number of nitrogens with one attached hydrogen (secondary N) is 2. The van der Waals surface area contributed by atoms with E-state index in [1.807, 2.05) is 0 Å². The average molecular weight is 343 g/mol. The van der Waals surface area contributed by atoms with E-state index in [9.17, 15) is 22.8 Å². The van der Waals surface area contributed by atoms with Crippen LogP contribution in [0.2, 0.25) is 0 Å². The molecule has 0 bridgehead atoms. The van der Waals surface area contributed by atoms with Crippen LogP contribution in [0.1, 0.15) is 32.1 Å². The number of hydrogen-bond acceptors (Lipinski definition) is 3. The largest absolute Gasteiger partial charge is 0.391 e. The molecule has 1 aromatic heterocycles. The molecule has 24 heavy (non-hydrogen) atoms. The van der Waals surface area contributed by atoms with E-state index in [1.54, 1.807) is 12.1 Å². The number of rotatable bonds is 5. The van der Waals surface area contributed by atoms with Gasteiger partial charge in [0, 0.05) is 37.0 Å². The van der Waals surface area contributed by atoms with E-state index in [2.05, 4.69) is 15.6 Å². The highest BCUT2D eigenvalue weighted by Crippen LogP contribution is 2.39. The number of nitrogens with zero attached hydrogens (tertiary/aromatic N) is 1. The second-order valence-corrected chi connectivity index (χ2v) is 5.93. The van der Waals surface area contributed by atoms with Crippen molar-refractivity contribution < 1.29 is 22.8 Å². The van der Waals surface area contributed by atoms with E-state index in [4.69, 9.17) is 0 Å². The summed E-state index contributed by atoms with van der Waals surface area (Å²) in [6.07, 6.45) is -0.339. The number of pyridine rings is 1. The SMILES string of the molecule is O=C(CCNC(=O)[C@@H]1CCC[C@@H](C(F)(F)F)C1)Nc1ccncc1. The first kappa shape index (κ1) is 18.2. The zero-order valence-electron chi connectivity index (χ0n) is 13.1. The summed E-state index contributed by atoms with van der Waals surface area (Å²) < 4.78 is 38.3. The van der Waals surface area contributed by atoms with Crippen LogP contribution >= 0.6 is 0 Å². The third-order valence-electron chi connectivity index (χ3n) is 4.12. The summed E-state index contributed by atoms with van der Waals surface area (Å²) in [6.45, 7) is 0.100. The Morgan fingerprint density at radius 1 is 1.21 bits per heavy atom. The van der Waals surface area contributed by atoms with Gasteiger partial charge in [0.25, 0.3) is 0 Å². The van der Waals surface area contributed by atoms with Crippen molar-refractivity contribution in [3.05, 3.63) is 24.5 Å². The Morgan fingerprint density at radius 3 is 2.58 bits per heavy atom. The highest BCUT2D eigenvalue weighted by molar-refractivity contribution is 5.91. The molecule has 2 rings (SSSR count). The van der Waals surface area contributed by atoms with Crippen LogP contribution in [0.4, 0.5) is 18.9 Å². The Kier molecular flexibility index (Phi) is 6.16. The van der Waals surface area contributed by atoms with Crippen molar-refractivity contribution in [3.63, 3.8) is 0 Å². The van der Waals surface area contributed by atoms with Crippen molar-refractivity contribution in [1.82, 2.24) is 10.3 Å². The molecule has 8 heteroatoms. The van der Waals surface area contributed by atoms with Gasteiger partial charge < -0.3 is 10.6 Å². The van der Waals surface area contributed by atoms with Crippen LogP contribution in [0.25, 0.3) is 0 Å². The zero-order chi connectivity index (χ0) is 17.6. The van der Waals surface area contributed by atoms with Crippen LogP contribution in [0.15, 0.2) is 24.5 Å². The fourth-order valence-corrected chi connectivity index (χ4v) is 2.83. The smallest absolute Gasteiger partial charge is 0.355 e. The van der Waals surface area contributed by atoms with Crippen LogP contribution in [0, 0.1) is 11.8 Å². The summed E-state index contributed by atoms with van der Waals surface area (Å²) in [5.41, 5.74) is 0.599. The molecule has 132 valence electrons. The van der Waals surface area contributed by atoms with Crippen LogP contribution in [-0.2, 0) is 9.59 Å². The van der Waals surface area contributed by atoms with Crippen molar-refractivity contribution in [3.8, 4) is 0 Å². The van der Waals surface area contributed by atoms with E-state index in [1.165, 1.54) is 12.4 Å². The third kappa shape index (κ3) is 5.50. The van der Waals surface area contributed by atoms with E-state index in [-0.39, 0.29) is 31.7 Å². The fourth-order valence-electron chi connectivity index (χ4n) is 2.83. The van der Waals surface area contributed by atoms with Gasteiger partial charge in [-0.3, -0.25) is 14.6 Å². The molecule has 0 spiro atoms. The molecule has 0 aromatic carbocycles. The Labute approximate surface area is 138 Å². The van der Waals surface area contributed by atoms with E-state index >= 15 is 0 Å². The molecular weight excluding hydrogens is 323 g/mol. The second kappa shape index (κ2) is 8.12. The first-order valence-corrected chi connectivity index (χ1v) is 7.90. The molecule has 1 aromatic rings. The van der Waals surface area contributed by atoms with E-state index in [0.29, 0.717) is 18.5 Å². The third-order valence-corrected chi connectivity index (χ3v) is 4.12. The molecule has 1 aliphatic rings. The van der Waals surface area contributed by atoms with Crippen molar-refractivity contribution in [2.24, 2.45) is 11.8 Å². The molecule has 0 aliphatic heterocycles. The standard InChI is InChI=1S/C16H20F3N3O2/c17-16(18,19)12-3-1-2-11(10-12)15(24)21-9-6-14(23)22-13-4-7-20-8-5-13/h4-5,7-8,11-12H,1-3,6,9-10H2,(H,21,24)(H,20,22,23)/t11-,12-/m1/s1. The summed E-state index contributed by atoms with van der Waals surface area (Å²) >= 11 is 0. The topological polar surface area (TPSA) is 71.1 Å². The quantitative estimate of drug-likeness (QED) is 0.864. The molecule has 1 fully saturated rings. The van der Waals surface area contributed by atoms with Gasteiger partial charge in [-0.15, -0.1) is 0 Å².